The number of hydrogen-bond donors (Lipinski definition) is 0. The van der Waals surface area contributed by atoms with E-state index in [1.54, 1.807) is 27.7 Å². The Balaban J connectivity index is 1.03. The number of fused-ring (bicyclic) bond motifs is 7. The van der Waals surface area contributed by atoms with E-state index in [1.165, 1.54) is 0 Å². The highest BCUT2D eigenvalue weighted by Gasteiger charge is 2.63. The summed E-state index contributed by atoms with van der Waals surface area (Å²) < 4.78 is 20.6. The second-order valence-corrected chi connectivity index (χ2v) is 17.6. The lowest BCUT2D eigenvalue weighted by Crippen LogP contribution is -2.46. The summed E-state index contributed by atoms with van der Waals surface area (Å²) in [4.78, 5) is 123. The van der Waals surface area contributed by atoms with Gasteiger partial charge in [0, 0.05) is 24.7 Å². The number of esters is 4. The van der Waals surface area contributed by atoms with Gasteiger partial charge in [0.05, 0.1) is 50.1 Å². The number of carbonyl (C=O) groups is 9. The Bertz CT molecular complexity index is 1590. The van der Waals surface area contributed by atoms with Gasteiger partial charge in [0.15, 0.2) is 0 Å². The lowest BCUT2D eigenvalue weighted by molar-refractivity contribution is -0.160. The molecule has 318 valence electrons. The van der Waals surface area contributed by atoms with Crippen LogP contribution in [-0.2, 0) is 62.1 Å². The molecule has 2 aliphatic heterocycles. The first kappa shape index (κ1) is 42.0. The molecule has 2 saturated heterocycles. The molecular formula is C43H58N2O13. The molecule has 0 aromatic rings. The third-order valence-corrected chi connectivity index (χ3v) is 14.9. The zero-order valence-corrected chi connectivity index (χ0v) is 34.1. The minimum absolute atomic E-state index is 0.0607. The largest absolute Gasteiger partial charge is 0.466 e. The van der Waals surface area contributed by atoms with Crippen molar-refractivity contribution in [2.75, 3.05) is 26.4 Å². The molecule has 58 heavy (non-hydrogen) atoms. The zero-order valence-electron chi connectivity index (χ0n) is 34.1. The summed E-state index contributed by atoms with van der Waals surface area (Å²) in [5.74, 6) is -5.75. The van der Waals surface area contributed by atoms with E-state index >= 15 is 0 Å². The molecule has 14 unspecified atom stereocenters. The number of ketones is 1. The molecule has 7 rings (SSSR count). The van der Waals surface area contributed by atoms with Crippen LogP contribution in [0.15, 0.2) is 0 Å². The van der Waals surface area contributed by atoms with Crippen LogP contribution in [0.3, 0.4) is 0 Å². The molecular weight excluding hydrogens is 752 g/mol. The predicted molar refractivity (Wildman–Crippen MR) is 200 cm³/mol. The number of Topliss-reactive ketones (excluding diaryl/α,β-unsaturated/α-hetero) is 1. The van der Waals surface area contributed by atoms with Gasteiger partial charge in [-0.25, -0.2) is 9.59 Å². The average molecular weight is 811 g/mol. The number of nitrogens with zero attached hydrogens (tertiary/aromatic N) is 2. The quantitative estimate of drug-likeness (QED) is 0.141. The molecule has 0 N–H and O–H groups in total. The minimum atomic E-state index is -1.21. The maximum Gasteiger partial charge on any atom is 0.329 e. The third-order valence-electron chi connectivity index (χ3n) is 14.9. The van der Waals surface area contributed by atoms with Crippen molar-refractivity contribution < 1.29 is 62.1 Å². The number of likely N-dealkylation sites (tertiary alicyclic amines) is 2. The van der Waals surface area contributed by atoms with Gasteiger partial charge in [-0.15, -0.1) is 0 Å². The first-order valence-corrected chi connectivity index (χ1v) is 21.7. The molecule has 7 fully saturated rings. The molecule has 0 aromatic carbocycles. The summed E-state index contributed by atoms with van der Waals surface area (Å²) in [5.41, 5.74) is 0. The monoisotopic (exact) mass is 810 g/mol. The van der Waals surface area contributed by atoms with Gasteiger partial charge < -0.3 is 18.9 Å². The first-order valence-electron chi connectivity index (χ1n) is 21.7. The fourth-order valence-corrected chi connectivity index (χ4v) is 12.6. The van der Waals surface area contributed by atoms with Crippen molar-refractivity contribution in [2.45, 2.75) is 117 Å². The molecule has 2 heterocycles. The molecule has 15 nitrogen and oxygen atoms in total. The normalized spacial score (nSPS) is 35.8. The lowest BCUT2D eigenvalue weighted by atomic mass is 9.56. The van der Waals surface area contributed by atoms with Crippen molar-refractivity contribution in [1.29, 1.82) is 0 Å². The summed E-state index contributed by atoms with van der Waals surface area (Å²) in [6.45, 7) is 7.10. The fraction of sp³-hybridized carbons (Fsp3) is 0.791. The van der Waals surface area contributed by atoms with Gasteiger partial charge in [0.1, 0.15) is 17.9 Å². The summed E-state index contributed by atoms with van der Waals surface area (Å²) in [7, 11) is 0. The number of amides is 4. The topological polar surface area (TPSA) is 197 Å². The average Bonchev–Trinajstić information content (AvgIpc) is 3.69. The second-order valence-electron chi connectivity index (χ2n) is 17.6. The number of carbonyl (C=O) groups excluding carboxylic acids is 9. The molecule has 4 amide bonds. The summed E-state index contributed by atoms with van der Waals surface area (Å²) in [6, 6.07) is -2.42. The van der Waals surface area contributed by atoms with Gasteiger partial charge in [-0.2, -0.15) is 0 Å². The van der Waals surface area contributed by atoms with Crippen molar-refractivity contribution >= 4 is 53.3 Å². The van der Waals surface area contributed by atoms with Crippen molar-refractivity contribution in [3.8, 4) is 0 Å². The van der Waals surface area contributed by atoms with Crippen LogP contribution in [0.5, 0.6) is 0 Å². The minimum Gasteiger partial charge on any atom is -0.466 e. The first-order chi connectivity index (χ1) is 27.8. The zero-order chi connectivity index (χ0) is 41.6. The van der Waals surface area contributed by atoms with Gasteiger partial charge in [-0.3, -0.25) is 43.4 Å². The number of hydrogen-bond acceptors (Lipinski definition) is 13. The van der Waals surface area contributed by atoms with Gasteiger partial charge in [-0.1, -0.05) is 0 Å². The van der Waals surface area contributed by atoms with Gasteiger partial charge in [-0.05, 0) is 127 Å². The Morgan fingerprint density at radius 2 is 0.759 bits per heavy atom. The fourth-order valence-electron chi connectivity index (χ4n) is 12.6. The number of imide groups is 2. The molecule has 5 aliphatic carbocycles. The van der Waals surface area contributed by atoms with E-state index in [1.807, 2.05) is 0 Å². The molecule has 0 spiro atoms. The van der Waals surface area contributed by atoms with E-state index in [2.05, 4.69) is 0 Å². The van der Waals surface area contributed by atoms with E-state index in [0.29, 0.717) is 38.5 Å². The lowest BCUT2D eigenvalue weighted by Gasteiger charge is -2.47. The summed E-state index contributed by atoms with van der Waals surface area (Å²) in [6.07, 6.45) is 4.36. The van der Waals surface area contributed by atoms with E-state index < -0.39 is 83.3 Å². The highest BCUT2D eigenvalue weighted by atomic mass is 16.5. The molecule has 14 atom stereocenters. The Hall–Kier alpha value is -4.17. The van der Waals surface area contributed by atoms with Gasteiger partial charge in [0.25, 0.3) is 0 Å². The van der Waals surface area contributed by atoms with Crippen molar-refractivity contribution in [2.24, 2.45) is 71.0 Å². The highest BCUT2D eigenvalue weighted by molar-refractivity contribution is 6.09. The molecule has 5 saturated carbocycles. The summed E-state index contributed by atoms with van der Waals surface area (Å²) >= 11 is 0. The van der Waals surface area contributed by atoms with E-state index in [-0.39, 0.29) is 105 Å². The van der Waals surface area contributed by atoms with Gasteiger partial charge >= 0.3 is 23.9 Å². The second kappa shape index (κ2) is 17.2. The van der Waals surface area contributed by atoms with Gasteiger partial charge in [0.2, 0.25) is 23.6 Å². The van der Waals surface area contributed by atoms with Crippen LogP contribution in [0, 0.1) is 71.0 Å². The van der Waals surface area contributed by atoms with Crippen LogP contribution >= 0.6 is 0 Å². The Kier molecular flexibility index (Phi) is 12.4. The maximum absolute atomic E-state index is 14.3. The number of ether oxygens (including phenoxy) is 4. The Morgan fingerprint density at radius 1 is 0.466 bits per heavy atom. The molecule has 15 heteroatoms. The van der Waals surface area contributed by atoms with E-state index in [9.17, 15) is 43.2 Å². The van der Waals surface area contributed by atoms with Crippen molar-refractivity contribution in [3.63, 3.8) is 0 Å². The SMILES string of the molecule is CCOC(=O)CCC(C(=O)OCC)N1C(=O)C2CC3CC4C(=O)C5CC6CC7C(=O)N(C(CCC(=O)OCC)C(=O)OCC)C(=O)C7CC6CC5C4CC3CC2C1=O. The van der Waals surface area contributed by atoms with Crippen molar-refractivity contribution in [1.82, 2.24) is 9.80 Å². The third kappa shape index (κ3) is 7.48. The van der Waals surface area contributed by atoms with Crippen LogP contribution in [0.2, 0.25) is 0 Å². The molecule has 7 aliphatic rings. The van der Waals surface area contributed by atoms with E-state index in [4.69, 9.17) is 18.9 Å². The Morgan fingerprint density at radius 3 is 1.07 bits per heavy atom. The maximum atomic E-state index is 14.3. The smallest absolute Gasteiger partial charge is 0.329 e. The van der Waals surface area contributed by atoms with Crippen LogP contribution in [0.4, 0.5) is 0 Å². The molecule has 0 aromatic heterocycles. The predicted octanol–water partition coefficient (Wildman–Crippen LogP) is 3.43. The summed E-state index contributed by atoms with van der Waals surface area (Å²) in [5, 5.41) is 0. The molecule has 0 bridgehead atoms. The highest BCUT2D eigenvalue weighted by Crippen LogP contribution is 2.62. The van der Waals surface area contributed by atoms with Crippen LogP contribution in [0.25, 0.3) is 0 Å². The van der Waals surface area contributed by atoms with E-state index in [0.717, 1.165) is 22.6 Å². The van der Waals surface area contributed by atoms with Crippen molar-refractivity contribution in [3.05, 3.63) is 0 Å². The van der Waals surface area contributed by atoms with Crippen LogP contribution in [0.1, 0.15) is 105 Å². The molecule has 0 radical (unpaired) electrons. The van der Waals surface area contributed by atoms with Crippen LogP contribution in [-0.4, -0.2) is 102 Å². The Labute approximate surface area is 338 Å². The standard InChI is InChI=1S/C43H58N2O13/c1-5-55-35(46)11-9-33(42(53)57-7-3)44-38(49)29-17-21-13-25-26-14-22-18-30-32(20-24(22)16-28(26)37(48)27(25)15-23(21)19-31(29)40(44)51)41(52)45(39(30)50)34(43(54)58-8-4)10-12-36(47)56-6-2/h21-34H,5-20H2,1-4H3. The number of rotatable bonds is 14. The van der Waals surface area contributed by atoms with Crippen LogP contribution < -0.4 is 0 Å².